The Bertz CT molecular complexity index is 33.3. The molecule has 0 fully saturated rings. The second-order valence-electron chi connectivity index (χ2n) is 1.33. The molecule has 0 aliphatic heterocycles. The Morgan fingerprint density at radius 1 is 1.14 bits per heavy atom. The molecule has 0 N–H and O–H groups in total. The zero-order chi connectivity index (χ0) is 4.50. The van der Waals surface area contributed by atoms with E-state index in [2.05, 4.69) is 0 Å². The summed E-state index contributed by atoms with van der Waals surface area (Å²) in [5.74, 6) is -2.50. The van der Waals surface area contributed by atoms with Crippen LogP contribution >= 0.6 is 0 Å². The average Bonchev–Trinajstić information content (AvgIpc) is 0.722. The van der Waals surface area contributed by atoms with Crippen LogP contribution in [0.25, 0.3) is 0 Å². The van der Waals surface area contributed by atoms with Gasteiger partial charge in [0.1, 0.15) is 0 Å². The van der Waals surface area contributed by atoms with Gasteiger partial charge in [-0.15, -0.1) is 0 Å². The minimum absolute atomic E-state index is 0. The number of rotatable bonds is 0. The number of hydrogen-bond donors (Lipinski definition) is 0. The first-order valence-corrected chi connectivity index (χ1v) is 1.38. The number of alkyl halides is 2. The molecule has 0 nitrogen and oxygen atoms in total. The average molecular weight is 160 g/mol. The van der Waals surface area contributed by atoms with Crippen molar-refractivity contribution in [3.63, 3.8) is 0 Å². The van der Waals surface area contributed by atoms with E-state index in [1.807, 2.05) is 0 Å². The monoisotopic (exact) mass is 160 g/mol. The Morgan fingerprint density at radius 3 is 1.14 bits per heavy atom. The first kappa shape index (κ1) is 16.6. The minimum Gasteiger partial charge on any atom is -1.00 e. The zero-order valence-electron chi connectivity index (χ0n) is 7.26. The summed E-state index contributed by atoms with van der Waals surface area (Å²) >= 11 is 0. The molecule has 0 heterocycles. The predicted octanol–water partition coefficient (Wildman–Crippen LogP) is -4.11. The van der Waals surface area contributed by atoms with Crippen LogP contribution in [-0.4, -0.2) is 5.92 Å². The third-order valence-electron chi connectivity index (χ3n) is 0. The van der Waals surface area contributed by atoms with Crippen molar-refractivity contribution >= 4 is 0 Å². The molecule has 36 valence electrons. The summed E-state index contributed by atoms with van der Waals surface area (Å²) in [6.45, 7) is 1.71. The van der Waals surface area contributed by atoms with Gasteiger partial charge in [0.15, 0.2) is 0 Å². The maximum Gasteiger partial charge on any atom is 1.00 e. The van der Waals surface area contributed by atoms with Gasteiger partial charge in [-0.05, 0) is 13.8 Å². The van der Waals surface area contributed by atoms with E-state index in [0.717, 1.165) is 13.8 Å². The second kappa shape index (κ2) is 7.24. The fourth-order valence-corrected chi connectivity index (χ4v) is 0. The van der Waals surface area contributed by atoms with Crippen LogP contribution in [0.5, 0.6) is 0 Å². The van der Waals surface area contributed by atoms with E-state index in [0.29, 0.717) is 0 Å². The Balaban J connectivity index is -0.0000000133. The molecular weight excluding hydrogens is 152 g/mol. The van der Waals surface area contributed by atoms with Crippen LogP contribution in [-0.2, 0) is 0 Å². The van der Waals surface area contributed by atoms with Gasteiger partial charge in [-0.25, -0.2) is 8.78 Å². The maximum atomic E-state index is 11.0. The van der Waals surface area contributed by atoms with Gasteiger partial charge < -0.3 is 2.85 Å². The molecule has 7 heavy (non-hydrogen) atoms. The molecule has 0 bridgehead atoms. The summed E-state index contributed by atoms with van der Waals surface area (Å²) in [4.78, 5) is 0. The SMILES string of the molecule is CC(C)(F)F.[H-].[H-].[K+].[K+]. The third kappa shape index (κ3) is 47.3. The summed E-state index contributed by atoms with van der Waals surface area (Å²) in [5.41, 5.74) is 0. The van der Waals surface area contributed by atoms with E-state index < -0.39 is 5.92 Å². The molecule has 0 unspecified atom stereocenters. The van der Waals surface area contributed by atoms with Crippen LogP contribution in [0.1, 0.15) is 16.7 Å². The van der Waals surface area contributed by atoms with E-state index in [-0.39, 0.29) is 106 Å². The van der Waals surface area contributed by atoms with E-state index in [1.54, 1.807) is 0 Å². The molecule has 0 saturated heterocycles. The Morgan fingerprint density at radius 2 is 1.14 bits per heavy atom. The van der Waals surface area contributed by atoms with E-state index in [4.69, 9.17) is 0 Å². The van der Waals surface area contributed by atoms with Crippen molar-refractivity contribution in [2.75, 3.05) is 0 Å². The van der Waals surface area contributed by atoms with Gasteiger partial charge in [-0.3, -0.25) is 0 Å². The summed E-state index contributed by atoms with van der Waals surface area (Å²) in [7, 11) is 0. The van der Waals surface area contributed by atoms with E-state index in [9.17, 15) is 8.78 Å². The molecule has 0 amide bonds. The quantitative estimate of drug-likeness (QED) is 0.316. The van der Waals surface area contributed by atoms with Crippen LogP contribution in [0.15, 0.2) is 0 Å². The van der Waals surface area contributed by atoms with Gasteiger partial charge >= 0.3 is 103 Å². The fourth-order valence-electron chi connectivity index (χ4n) is 0. The molecule has 0 aliphatic carbocycles. The normalized spacial score (nSPS) is 8.57. The molecule has 0 saturated carbocycles. The molecule has 0 aromatic rings. The number of halogens is 2. The molecule has 4 heteroatoms. The molecule has 0 rings (SSSR count). The molecule has 0 atom stereocenters. The Hall–Kier alpha value is 3.13. The summed E-state index contributed by atoms with van der Waals surface area (Å²) < 4.78 is 22.0. The predicted molar refractivity (Wildman–Crippen MR) is 18.5 cm³/mol. The molecule has 0 aromatic heterocycles. The van der Waals surface area contributed by atoms with Crippen LogP contribution in [0.4, 0.5) is 8.78 Å². The van der Waals surface area contributed by atoms with Crippen molar-refractivity contribution in [2.45, 2.75) is 19.8 Å². The van der Waals surface area contributed by atoms with Crippen LogP contribution in [0.2, 0.25) is 0 Å². The minimum atomic E-state index is -2.50. The fraction of sp³-hybridized carbons (Fsp3) is 1.00. The van der Waals surface area contributed by atoms with Crippen LogP contribution in [0, 0.1) is 0 Å². The van der Waals surface area contributed by atoms with Crippen molar-refractivity contribution in [3.05, 3.63) is 0 Å². The molecule has 0 aliphatic rings. The van der Waals surface area contributed by atoms with Gasteiger partial charge in [0.25, 0.3) is 0 Å². The van der Waals surface area contributed by atoms with E-state index in [1.165, 1.54) is 0 Å². The number of hydrogen-bond acceptors (Lipinski definition) is 0. The summed E-state index contributed by atoms with van der Waals surface area (Å²) in [6, 6.07) is 0. The topological polar surface area (TPSA) is 0 Å². The van der Waals surface area contributed by atoms with Gasteiger partial charge in [-0.2, -0.15) is 0 Å². The smallest absolute Gasteiger partial charge is 1.00 e. The first-order chi connectivity index (χ1) is 2.00. The van der Waals surface area contributed by atoms with Crippen LogP contribution in [0.3, 0.4) is 0 Å². The zero-order valence-corrected chi connectivity index (χ0v) is 11.5. The standard InChI is InChI=1S/C3H6F2.2K.2H/c1-3(2,4)5;;;;/h1-2H3;;;;/q;2*+1;2*-1. The second-order valence-corrected chi connectivity index (χ2v) is 1.33. The van der Waals surface area contributed by atoms with Crippen molar-refractivity contribution in [1.29, 1.82) is 0 Å². The Kier molecular flexibility index (Phi) is 17.2. The maximum absolute atomic E-state index is 11.0. The van der Waals surface area contributed by atoms with E-state index >= 15 is 0 Å². The summed E-state index contributed by atoms with van der Waals surface area (Å²) in [5, 5.41) is 0. The van der Waals surface area contributed by atoms with Crippen molar-refractivity contribution < 1.29 is 114 Å². The molecule has 0 aromatic carbocycles. The Labute approximate surface area is 131 Å². The first-order valence-electron chi connectivity index (χ1n) is 1.38. The van der Waals surface area contributed by atoms with Gasteiger partial charge in [-0.1, -0.05) is 0 Å². The molecule has 0 spiro atoms. The molecular formula is C3H8F2K2. The van der Waals surface area contributed by atoms with Crippen molar-refractivity contribution in [3.8, 4) is 0 Å². The van der Waals surface area contributed by atoms with Crippen molar-refractivity contribution in [2.24, 2.45) is 0 Å². The largest absolute Gasteiger partial charge is 1.00 e. The van der Waals surface area contributed by atoms with Gasteiger partial charge in [0.2, 0.25) is 5.92 Å². The van der Waals surface area contributed by atoms with Gasteiger partial charge in [0, 0.05) is 0 Å². The summed E-state index contributed by atoms with van der Waals surface area (Å²) in [6.07, 6.45) is 0. The third-order valence-corrected chi connectivity index (χ3v) is 0. The van der Waals surface area contributed by atoms with Gasteiger partial charge in [0.05, 0.1) is 0 Å². The molecule has 0 radical (unpaired) electrons. The van der Waals surface area contributed by atoms with Crippen LogP contribution < -0.4 is 103 Å². The van der Waals surface area contributed by atoms with Crippen molar-refractivity contribution in [1.82, 2.24) is 0 Å².